The lowest BCUT2D eigenvalue weighted by Gasteiger charge is -2.20. The number of hydrogen-bond acceptors (Lipinski definition) is 4. The van der Waals surface area contributed by atoms with E-state index in [1.165, 1.54) is 0 Å². The van der Waals surface area contributed by atoms with Gasteiger partial charge in [-0.2, -0.15) is 0 Å². The molecular formula is C14H21NO4. The van der Waals surface area contributed by atoms with E-state index in [0.29, 0.717) is 29.7 Å². The van der Waals surface area contributed by atoms with Crippen LogP contribution in [0.25, 0.3) is 0 Å². The van der Waals surface area contributed by atoms with Gasteiger partial charge in [0.25, 0.3) is 0 Å². The van der Waals surface area contributed by atoms with Crippen LogP contribution in [-0.4, -0.2) is 41.0 Å². The number of carbonyl (C=O) groups is 1. The number of aromatic carboxylic acids is 1. The lowest BCUT2D eigenvalue weighted by molar-refractivity contribution is 0.0139. The van der Waals surface area contributed by atoms with Crippen molar-refractivity contribution in [2.45, 2.75) is 32.5 Å². The van der Waals surface area contributed by atoms with Gasteiger partial charge in [-0.05, 0) is 50.6 Å². The molecule has 0 aromatic heterocycles. The molecule has 1 aromatic carbocycles. The summed E-state index contributed by atoms with van der Waals surface area (Å²) in [5.41, 5.74) is 1.97. The van der Waals surface area contributed by atoms with Crippen LogP contribution in [-0.2, 0) is 0 Å². The van der Waals surface area contributed by atoms with Crippen molar-refractivity contribution in [3.05, 3.63) is 34.4 Å². The van der Waals surface area contributed by atoms with Gasteiger partial charge in [-0.1, -0.05) is 12.1 Å². The highest BCUT2D eigenvalue weighted by Crippen LogP contribution is 2.24. The average Bonchev–Trinajstić information content (AvgIpc) is 2.33. The van der Waals surface area contributed by atoms with E-state index in [4.69, 9.17) is 5.11 Å². The van der Waals surface area contributed by atoms with E-state index < -0.39 is 18.2 Å². The fourth-order valence-corrected chi connectivity index (χ4v) is 2.18. The molecule has 0 spiro atoms. The summed E-state index contributed by atoms with van der Waals surface area (Å²) in [6, 6.07) is 3.23. The third kappa shape index (κ3) is 3.76. The molecule has 0 fully saturated rings. The minimum atomic E-state index is -1.01. The van der Waals surface area contributed by atoms with E-state index in [-0.39, 0.29) is 5.56 Å². The van der Waals surface area contributed by atoms with Crippen molar-refractivity contribution >= 4 is 5.97 Å². The van der Waals surface area contributed by atoms with Gasteiger partial charge in [0.2, 0.25) is 0 Å². The molecule has 0 saturated carbocycles. The van der Waals surface area contributed by atoms with Crippen LogP contribution in [0.5, 0.6) is 0 Å². The van der Waals surface area contributed by atoms with E-state index in [1.807, 2.05) is 0 Å². The first-order chi connectivity index (χ1) is 8.88. The van der Waals surface area contributed by atoms with Crippen molar-refractivity contribution in [3.8, 4) is 0 Å². The molecule has 1 rings (SSSR count). The fraction of sp³-hybridized carbons (Fsp3) is 0.500. The summed E-state index contributed by atoms with van der Waals surface area (Å²) in [5.74, 6) is -0.980. The number of hydrogen-bond donors (Lipinski definition) is 4. The number of aliphatic hydroxyl groups is 2. The Morgan fingerprint density at radius 2 is 1.79 bits per heavy atom. The molecular weight excluding hydrogens is 246 g/mol. The van der Waals surface area contributed by atoms with Crippen LogP contribution in [0.15, 0.2) is 12.1 Å². The van der Waals surface area contributed by atoms with Crippen LogP contribution in [0, 0.1) is 13.8 Å². The minimum Gasteiger partial charge on any atom is -0.478 e. The summed E-state index contributed by atoms with van der Waals surface area (Å²) in [7, 11) is 1.77. The van der Waals surface area contributed by atoms with Gasteiger partial charge in [-0.3, -0.25) is 0 Å². The van der Waals surface area contributed by atoms with Crippen molar-refractivity contribution in [2.75, 3.05) is 13.6 Å². The standard InChI is InChI=1S/C14H21NO4/c1-8-6-10(7-9(2)12(8)14(18)19)13(17)11(16)4-5-15-3/h6-7,11,13,15-17H,4-5H2,1-3H3,(H,18,19). The highest BCUT2D eigenvalue weighted by Gasteiger charge is 2.20. The largest absolute Gasteiger partial charge is 0.478 e. The van der Waals surface area contributed by atoms with Gasteiger partial charge in [0.1, 0.15) is 6.10 Å². The van der Waals surface area contributed by atoms with Gasteiger partial charge in [-0.25, -0.2) is 4.79 Å². The highest BCUT2D eigenvalue weighted by molar-refractivity contribution is 5.91. The van der Waals surface area contributed by atoms with Gasteiger partial charge in [0.15, 0.2) is 0 Å². The first kappa shape index (κ1) is 15.6. The number of carboxylic acid groups (broad SMARTS) is 1. The molecule has 0 amide bonds. The molecule has 0 bridgehead atoms. The number of benzene rings is 1. The summed E-state index contributed by atoms with van der Waals surface area (Å²) in [6.07, 6.45) is -1.45. The molecule has 0 aliphatic heterocycles. The molecule has 5 heteroatoms. The predicted octanol–water partition coefficient (Wildman–Crippen LogP) is 1.01. The SMILES string of the molecule is CNCCC(O)C(O)c1cc(C)c(C(=O)O)c(C)c1. The Morgan fingerprint density at radius 1 is 1.26 bits per heavy atom. The number of rotatable bonds is 6. The van der Waals surface area contributed by atoms with Crippen molar-refractivity contribution in [1.29, 1.82) is 0 Å². The van der Waals surface area contributed by atoms with Crippen molar-refractivity contribution in [2.24, 2.45) is 0 Å². The molecule has 2 atom stereocenters. The molecule has 0 radical (unpaired) electrons. The topological polar surface area (TPSA) is 89.8 Å². The smallest absolute Gasteiger partial charge is 0.336 e. The number of nitrogens with one attached hydrogen (secondary N) is 1. The van der Waals surface area contributed by atoms with E-state index in [2.05, 4.69) is 5.32 Å². The Kier molecular flexibility index (Phi) is 5.47. The van der Waals surface area contributed by atoms with Crippen molar-refractivity contribution < 1.29 is 20.1 Å². The highest BCUT2D eigenvalue weighted by atomic mass is 16.4. The van der Waals surface area contributed by atoms with Gasteiger partial charge in [-0.15, -0.1) is 0 Å². The maximum absolute atomic E-state index is 11.1. The monoisotopic (exact) mass is 267 g/mol. The van der Waals surface area contributed by atoms with E-state index in [1.54, 1.807) is 33.0 Å². The molecule has 0 aliphatic carbocycles. The Hall–Kier alpha value is -1.43. The second kappa shape index (κ2) is 6.65. The van der Waals surface area contributed by atoms with Crippen LogP contribution >= 0.6 is 0 Å². The van der Waals surface area contributed by atoms with Gasteiger partial charge in [0, 0.05) is 0 Å². The minimum absolute atomic E-state index is 0.251. The lowest BCUT2D eigenvalue weighted by Crippen LogP contribution is -2.23. The predicted molar refractivity (Wildman–Crippen MR) is 72.4 cm³/mol. The summed E-state index contributed by atoms with van der Waals surface area (Å²) in [6.45, 7) is 3.97. The first-order valence-corrected chi connectivity index (χ1v) is 6.23. The molecule has 0 heterocycles. The van der Waals surface area contributed by atoms with Crippen molar-refractivity contribution in [1.82, 2.24) is 5.32 Å². The summed E-state index contributed by atoms with van der Waals surface area (Å²) < 4.78 is 0. The Labute approximate surface area is 112 Å². The Balaban J connectivity index is 2.99. The van der Waals surface area contributed by atoms with E-state index in [0.717, 1.165) is 0 Å². The maximum Gasteiger partial charge on any atom is 0.336 e. The average molecular weight is 267 g/mol. The van der Waals surface area contributed by atoms with E-state index >= 15 is 0 Å². The van der Waals surface area contributed by atoms with Gasteiger partial charge >= 0.3 is 5.97 Å². The molecule has 106 valence electrons. The molecule has 1 aromatic rings. The van der Waals surface area contributed by atoms with Crippen molar-refractivity contribution in [3.63, 3.8) is 0 Å². The number of aryl methyl sites for hydroxylation is 2. The molecule has 5 nitrogen and oxygen atoms in total. The van der Waals surface area contributed by atoms with Crippen LogP contribution < -0.4 is 5.32 Å². The fourth-order valence-electron chi connectivity index (χ4n) is 2.18. The second-order valence-electron chi connectivity index (χ2n) is 4.74. The third-order valence-electron chi connectivity index (χ3n) is 3.16. The quantitative estimate of drug-likeness (QED) is 0.617. The molecule has 4 N–H and O–H groups in total. The van der Waals surface area contributed by atoms with Crippen LogP contribution in [0.2, 0.25) is 0 Å². The Bertz CT molecular complexity index is 436. The first-order valence-electron chi connectivity index (χ1n) is 6.23. The molecule has 0 aliphatic rings. The summed E-state index contributed by atoms with van der Waals surface area (Å²) >= 11 is 0. The van der Waals surface area contributed by atoms with Crippen LogP contribution in [0.3, 0.4) is 0 Å². The van der Waals surface area contributed by atoms with Gasteiger partial charge < -0.3 is 20.6 Å². The van der Waals surface area contributed by atoms with Crippen LogP contribution in [0.4, 0.5) is 0 Å². The molecule has 0 saturated heterocycles. The number of carboxylic acids is 1. The lowest BCUT2D eigenvalue weighted by atomic mass is 9.94. The second-order valence-corrected chi connectivity index (χ2v) is 4.74. The summed E-state index contributed by atoms with van der Waals surface area (Å²) in [4.78, 5) is 11.1. The zero-order valence-corrected chi connectivity index (χ0v) is 11.5. The number of aliphatic hydroxyl groups excluding tert-OH is 2. The van der Waals surface area contributed by atoms with Crippen LogP contribution in [0.1, 0.15) is 39.6 Å². The Morgan fingerprint density at radius 3 is 2.21 bits per heavy atom. The summed E-state index contributed by atoms with van der Waals surface area (Å²) in [5, 5.41) is 31.9. The zero-order chi connectivity index (χ0) is 14.6. The molecule has 19 heavy (non-hydrogen) atoms. The zero-order valence-electron chi connectivity index (χ0n) is 11.5. The normalized spacial score (nSPS) is 14.2. The van der Waals surface area contributed by atoms with Gasteiger partial charge in [0.05, 0.1) is 11.7 Å². The van der Waals surface area contributed by atoms with E-state index in [9.17, 15) is 15.0 Å². The third-order valence-corrected chi connectivity index (χ3v) is 3.16. The molecule has 2 unspecified atom stereocenters. The maximum atomic E-state index is 11.1.